The summed E-state index contributed by atoms with van der Waals surface area (Å²) in [5.74, 6) is -0.235. The van der Waals surface area contributed by atoms with Crippen LogP contribution in [0.1, 0.15) is 17.3 Å². The van der Waals surface area contributed by atoms with E-state index in [4.69, 9.17) is 12.2 Å². The van der Waals surface area contributed by atoms with Gasteiger partial charge in [-0.1, -0.05) is 34.1 Å². The van der Waals surface area contributed by atoms with Crippen molar-refractivity contribution in [3.05, 3.63) is 88.4 Å². The van der Waals surface area contributed by atoms with Gasteiger partial charge in [0, 0.05) is 35.1 Å². The highest BCUT2D eigenvalue weighted by molar-refractivity contribution is 9.10. The molecule has 3 nitrogen and oxygen atoms in total. The summed E-state index contributed by atoms with van der Waals surface area (Å²) in [4.78, 5) is 2.17. The number of nitrogens with one attached hydrogen (secondary N) is 1. The molecule has 0 aliphatic carbocycles. The van der Waals surface area contributed by atoms with Crippen LogP contribution in [0.25, 0.3) is 0 Å². The van der Waals surface area contributed by atoms with E-state index in [9.17, 15) is 4.39 Å². The van der Waals surface area contributed by atoms with Gasteiger partial charge in [-0.2, -0.15) is 0 Å². The molecule has 0 spiro atoms. The molecule has 2 heterocycles. The molecule has 0 amide bonds. The maximum absolute atomic E-state index is 13.4. The SMILES string of the molecule is Fc1ccc([C@@H]2c3cccn3CCN2C(=S)Nc2cccc(Br)c2)cc1. The summed E-state index contributed by atoms with van der Waals surface area (Å²) >= 11 is 9.21. The van der Waals surface area contributed by atoms with Gasteiger partial charge >= 0.3 is 0 Å². The molecule has 0 bridgehead atoms. The molecule has 132 valence electrons. The Morgan fingerprint density at radius 3 is 2.65 bits per heavy atom. The lowest BCUT2D eigenvalue weighted by molar-refractivity contribution is 0.293. The minimum absolute atomic E-state index is 0.0495. The zero-order valence-corrected chi connectivity index (χ0v) is 16.3. The Bertz CT molecular complexity index is 938. The smallest absolute Gasteiger partial charge is 0.174 e. The Morgan fingerprint density at radius 1 is 1.08 bits per heavy atom. The number of hydrogen-bond donors (Lipinski definition) is 1. The van der Waals surface area contributed by atoms with Crippen molar-refractivity contribution in [1.82, 2.24) is 9.47 Å². The van der Waals surface area contributed by atoms with Crippen LogP contribution in [-0.2, 0) is 6.54 Å². The Labute approximate surface area is 165 Å². The van der Waals surface area contributed by atoms with E-state index in [1.54, 1.807) is 0 Å². The summed E-state index contributed by atoms with van der Waals surface area (Å²) in [6.45, 7) is 1.64. The molecule has 3 aromatic rings. The number of hydrogen-bond acceptors (Lipinski definition) is 1. The van der Waals surface area contributed by atoms with Crippen molar-refractivity contribution >= 4 is 38.9 Å². The van der Waals surface area contributed by atoms with Crippen LogP contribution in [0, 0.1) is 5.82 Å². The highest BCUT2D eigenvalue weighted by Crippen LogP contribution is 2.33. The molecule has 1 aliphatic heterocycles. The third-order valence-electron chi connectivity index (χ3n) is 4.56. The van der Waals surface area contributed by atoms with E-state index in [1.165, 1.54) is 12.1 Å². The second-order valence-electron chi connectivity index (χ2n) is 6.21. The van der Waals surface area contributed by atoms with Crippen LogP contribution < -0.4 is 5.32 Å². The second kappa shape index (κ2) is 7.21. The van der Waals surface area contributed by atoms with Crippen LogP contribution >= 0.6 is 28.1 Å². The van der Waals surface area contributed by atoms with Crippen molar-refractivity contribution < 1.29 is 4.39 Å². The van der Waals surface area contributed by atoms with Crippen molar-refractivity contribution in [3.63, 3.8) is 0 Å². The molecule has 0 radical (unpaired) electrons. The standard InChI is InChI=1S/C20H17BrFN3S/c21-15-3-1-4-17(13-15)23-20(26)25-12-11-24-10-2-5-18(24)19(25)14-6-8-16(22)9-7-14/h1-10,13,19H,11-12H2,(H,23,26)/t19-/m1/s1. The Balaban J connectivity index is 1.67. The first-order valence-electron chi connectivity index (χ1n) is 8.35. The Morgan fingerprint density at radius 2 is 1.88 bits per heavy atom. The molecule has 0 saturated heterocycles. The molecule has 0 fully saturated rings. The molecule has 0 unspecified atom stereocenters. The van der Waals surface area contributed by atoms with Gasteiger partial charge in [-0.05, 0) is 60.2 Å². The van der Waals surface area contributed by atoms with Gasteiger partial charge in [0.15, 0.2) is 5.11 Å². The lowest BCUT2D eigenvalue weighted by Crippen LogP contribution is -2.44. The highest BCUT2D eigenvalue weighted by atomic mass is 79.9. The van der Waals surface area contributed by atoms with Gasteiger partial charge in [-0.25, -0.2) is 4.39 Å². The van der Waals surface area contributed by atoms with Gasteiger partial charge in [-0.3, -0.25) is 0 Å². The summed E-state index contributed by atoms with van der Waals surface area (Å²) in [6.07, 6.45) is 2.08. The predicted octanol–water partition coefficient (Wildman–Crippen LogP) is 5.19. The fraction of sp³-hybridized carbons (Fsp3) is 0.150. The molecular weight excluding hydrogens is 413 g/mol. The minimum Gasteiger partial charge on any atom is -0.348 e. The summed E-state index contributed by atoms with van der Waals surface area (Å²) < 4.78 is 16.6. The number of rotatable bonds is 2. The zero-order chi connectivity index (χ0) is 18.1. The minimum atomic E-state index is -0.235. The number of thiocarbonyl (C=S) groups is 1. The molecule has 1 aliphatic rings. The van der Waals surface area contributed by atoms with Gasteiger partial charge in [-0.15, -0.1) is 0 Å². The van der Waals surface area contributed by atoms with E-state index < -0.39 is 0 Å². The molecule has 2 aromatic carbocycles. The predicted molar refractivity (Wildman–Crippen MR) is 110 cm³/mol. The fourth-order valence-electron chi connectivity index (χ4n) is 3.36. The number of fused-ring (bicyclic) bond motifs is 1. The first-order chi connectivity index (χ1) is 12.6. The average Bonchev–Trinajstić information content (AvgIpc) is 3.10. The molecule has 0 saturated carbocycles. The van der Waals surface area contributed by atoms with Crippen molar-refractivity contribution in [1.29, 1.82) is 0 Å². The Kier molecular flexibility index (Phi) is 4.78. The molecule has 26 heavy (non-hydrogen) atoms. The largest absolute Gasteiger partial charge is 0.348 e. The first-order valence-corrected chi connectivity index (χ1v) is 9.55. The third kappa shape index (κ3) is 3.39. The molecule has 1 aromatic heterocycles. The average molecular weight is 430 g/mol. The number of benzene rings is 2. The lowest BCUT2D eigenvalue weighted by Gasteiger charge is -2.39. The van der Waals surface area contributed by atoms with Crippen molar-refractivity contribution in [3.8, 4) is 0 Å². The number of nitrogens with zero attached hydrogens (tertiary/aromatic N) is 2. The zero-order valence-electron chi connectivity index (χ0n) is 13.9. The third-order valence-corrected chi connectivity index (χ3v) is 5.39. The summed E-state index contributed by atoms with van der Waals surface area (Å²) in [7, 11) is 0. The molecule has 6 heteroatoms. The van der Waals surface area contributed by atoms with Gasteiger partial charge in [0.1, 0.15) is 5.82 Å². The maximum Gasteiger partial charge on any atom is 0.174 e. The molecule has 1 N–H and O–H groups in total. The summed E-state index contributed by atoms with van der Waals surface area (Å²) in [5, 5.41) is 3.99. The van der Waals surface area contributed by atoms with Crippen LogP contribution in [0.15, 0.2) is 71.3 Å². The van der Waals surface area contributed by atoms with E-state index in [0.29, 0.717) is 5.11 Å². The summed E-state index contributed by atoms with van der Waals surface area (Å²) in [5.41, 5.74) is 3.11. The van der Waals surface area contributed by atoms with Gasteiger partial charge in [0.2, 0.25) is 0 Å². The van der Waals surface area contributed by atoms with Crippen LogP contribution in [-0.4, -0.2) is 21.1 Å². The van der Waals surface area contributed by atoms with Gasteiger partial charge in [0.05, 0.1) is 6.04 Å². The quantitative estimate of drug-likeness (QED) is 0.565. The van der Waals surface area contributed by atoms with E-state index in [0.717, 1.165) is 34.5 Å². The monoisotopic (exact) mass is 429 g/mol. The van der Waals surface area contributed by atoms with Crippen molar-refractivity contribution in [2.45, 2.75) is 12.6 Å². The number of aromatic nitrogens is 1. The van der Waals surface area contributed by atoms with Crippen LogP contribution in [0.4, 0.5) is 10.1 Å². The van der Waals surface area contributed by atoms with E-state index in [1.807, 2.05) is 42.5 Å². The topological polar surface area (TPSA) is 20.2 Å². The van der Waals surface area contributed by atoms with E-state index >= 15 is 0 Å². The molecular formula is C20H17BrFN3S. The molecule has 4 rings (SSSR count). The Hall–Kier alpha value is -2.18. The van der Waals surface area contributed by atoms with Crippen LogP contribution in [0.2, 0.25) is 0 Å². The lowest BCUT2D eigenvalue weighted by atomic mass is 10.0. The number of anilines is 1. The molecule has 1 atom stereocenters. The second-order valence-corrected chi connectivity index (χ2v) is 7.52. The van der Waals surface area contributed by atoms with Crippen LogP contribution in [0.3, 0.4) is 0 Å². The fourth-order valence-corrected chi connectivity index (χ4v) is 4.07. The van der Waals surface area contributed by atoms with Crippen molar-refractivity contribution in [2.75, 3.05) is 11.9 Å². The van der Waals surface area contributed by atoms with E-state index in [2.05, 4.69) is 43.0 Å². The van der Waals surface area contributed by atoms with E-state index in [-0.39, 0.29) is 11.9 Å². The summed E-state index contributed by atoms with van der Waals surface area (Å²) in [6, 6.07) is 18.7. The highest BCUT2D eigenvalue weighted by Gasteiger charge is 2.30. The van der Waals surface area contributed by atoms with Crippen LogP contribution in [0.5, 0.6) is 0 Å². The van der Waals surface area contributed by atoms with Gasteiger partial charge in [0.25, 0.3) is 0 Å². The van der Waals surface area contributed by atoms with Gasteiger partial charge < -0.3 is 14.8 Å². The van der Waals surface area contributed by atoms with Crippen molar-refractivity contribution in [2.24, 2.45) is 0 Å². The first kappa shape index (κ1) is 17.2. The number of halogens is 2. The maximum atomic E-state index is 13.4. The normalized spacial score (nSPS) is 16.2.